The van der Waals surface area contributed by atoms with Gasteiger partial charge in [0.25, 0.3) is 0 Å². The van der Waals surface area contributed by atoms with Crippen molar-refractivity contribution in [1.29, 1.82) is 0 Å². The lowest BCUT2D eigenvalue weighted by Gasteiger charge is -2.08. The summed E-state index contributed by atoms with van der Waals surface area (Å²) in [5.41, 5.74) is 1.20. The highest BCUT2D eigenvalue weighted by Crippen LogP contribution is 2.23. The maximum atomic E-state index is 5.79. The third kappa shape index (κ3) is 3.87. The molecule has 7 heteroatoms. The first kappa shape index (κ1) is 15.5. The molecule has 0 atom stereocenters. The highest BCUT2D eigenvalue weighted by molar-refractivity contribution is 7.99. The van der Waals surface area contributed by atoms with E-state index in [1.165, 1.54) is 17.3 Å². The SMILES string of the molecule is CCn1c(COc2ccc(C)cc2)nnc1Sc1ncccn1. The van der Waals surface area contributed by atoms with Crippen LogP contribution in [0.3, 0.4) is 0 Å². The Morgan fingerprint density at radius 1 is 1.09 bits per heavy atom. The van der Waals surface area contributed by atoms with Crippen LogP contribution in [-0.2, 0) is 13.2 Å². The third-order valence-corrected chi connectivity index (χ3v) is 4.10. The molecule has 2 heterocycles. The molecule has 0 saturated carbocycles. The third-order valence-electron chi connectivity index (χ3n) is 3.22. The van der Waals surface area contributed by atoms with E-state index in [4.69, 9.17) is 4.74 Å². The summed E-state index contributed by atoms with van der Waals surface area (Å²) >= 11 is 1.39. The van der Waals surface area contributed by atoms with Crippen molar-refractivity contribution in [2.24, 2.45) is 0 Å². The number of nitrogens with zero attached hydrogens (tertiary/aromatic N) is 5. The van der Waals surface area contributed by atoms with Gasteiger partial charge in [0.2, 0.25) is 0 Å². The lowest BCUT2D eigenvalue weighted by atomic mass is 10.2. The number of benzene rings is 1. The maximum absolute atomic E-state index is 5.79. The van der Waals surface area contributed by atoms with Gasteiger partial charge in [0.1, 0.15) is 12.4 Å². The molecule has 6 nitrogen and oxygen atoms in total. The predicted octanol–water partition coefficient (Wildman–Crippen LogP) is 3.13. The zero-order chi connectivity index (χ0) is 16.1. The molecule has 0 spiro atoms. The van der Waals surface area contributed by atoms with Crippen LogP contribution in [0, 0.1) is 6.92 Å². The van der Waals surface area contributed by atoms with Gasteiger partial charge in [-0.15, -0.1) is 10.2 Å². The van der Waals surface area contributed by atoms with E-state index in [0.29, 0.717) is 11.8 Å². The monoisotopic (exact) mass is 327 g/mol. The van der Waals surface area contributed by atoms with Gasteiger partial charge < -0.3 is 9.30 Å². The van der Waals surface area contributed by atoms with Gasteiger partial charge in [-0.25, -0.2) is 9.97 Å². The van der Waals surface area contributed by atoms with E-state index >= 15 is 0 Å². The smallest absolute Gasteiger partial charge is 0.199 e. The van der Waals surface area contributed by atoms with Gasteiger partial charge in [-0.2, -0.15) is 0 Å². The molecule has 23 heavy (non-hydrogen) atoms. The number of hydrogen-bond acceptors (Lipinski definition) is 6. The van der Waals surface area contributed by atoms with Crippen molar-refractivity contribution < 1.29 is 4.74 Å². The van der Waals surface area contributed by atoms with E-state index in [2.05, 4.69) is 27.1 Å². The molecule has 0 aliphatic carbocycles. The number of aryl methyl sites for hydroxylation is 1. The minimum atomic E-state index is 0.375. The Morgan fingerprint density at radius 3 is 2.52 bits per heavy atom. The predicted molar refractivity (Wildman–Crippen MR) is 87.4 cm³/mol. The van der Waals surface area contributed by atoms with Crippen LogP contribution >= 0.6 is 11.8 Å². The summed E-state index contributed by atoms with van der Waals surface area (Å²) in [5, 5.41) is 9.87. The fourth-order valence-electron chi connectivity index (χ4n) is 2.02. The van der Waals surface area contributed by atoms with E-state index in [1.54, 1.807) is 18.5 Å². The zero-order valence-electron chi connectivity index (χ0n) is 13.0. The number of ether oxygens (including phenoxy) is 1. The van der Waals surface area contributed by atoms with E-state index < -0.39 is 0 Å². The first-order valence-corrected chi connectivity index (χ1v) is 8.14. The average molecular weight is 327 g/mol. The van der Waals surface area contributed by atoms with Crippen LogP contribution in [0.25, 0.3) is 0 Å². The van der Waals surface area contributed by atoms with Crippen LogP contribution < -0.4 is 4.74 Å². The molecule has 1 aromatic carbocycles. The number of aromatic nitrogens is 5. The Hall–Kier alpha value is -2.41. The molecule has 3 rings (SSSR count). The highest BCUT2D eigenvalue weighted by Gasteiger charge is 2.13. The Balaban J connectivity index is 1.71. The van der Waals surface area contributed by atoms with Gasteiger partial charge >= 0.3 is 0 Å². The summed E-state index contributed by atoms with van der Waals surface area (Å²) in [6, 6.07) is 9.74. The Kier molecular flexibility index (Phi) is 4.87. The summed E-state index contributed by atoms with van der Waals surface area (Å²) in [6.07, 6.45) is 3.42. The number of hydrogen-bond donors (Lipinski definition) is 0. The van der Waals surface area contributed by atoms with E-state index in [9.17, 15) is 0 Å². The number of rotatable bonds is 6. The van der Waals surface area contributed by atoms with Crippen LogP contribution in [-0.4, -0.2) is 24.7 Å². The van der Waals surface area contributed by atoms with Crippen LogP contribution in [0.4, 0.5) is 0 Å². The first-order valence-electron chi connectivity index (χ1n) is 7.32. The van der Waals surface area contributed by atoms with E-state index in [0.717, 1.165) is 23.3 Å². The highest BCUT2D eigenvalue weighted by atomic mass is 32.2. The molecule has 118 valence electrons. The second-order valence-electron chi connectivity index (χ2n) is 4.88. The van der Waals surface area contributed by atoms with Gasteiger partial charge in [-0.3, -0.25) is 0 Å². The quantitative estimate of drug-likeness (QED) is 0.648. The first-order chi connectivity index (χ1) is 11.3. The topological polar surface area (TPSA) is 65.7 Å². The summed E-state index contributed by atoms with van der Waals surface area (Å²) in [5.74, 6) is 1.60. The van der Waals surface area contributed by atoms with Gasteiger partial charge in [0.15, 0.2) is 16.1 Å². The second kappa shape index (κ2) is 7.23. The minimum absolute atomic E-state index is 0.375. The summed E-state index contributed by atoms with van der Waals surface area (Å²) < 4.78 is 7.80. The average Bonchev–Trinajstić information content (AvgIpc) is 2.97. The maximum Gasteiger partial charge on any atom is 0.199 e. The van der Waals surface area contributed by atoms with Crippen molar-refractivity contribution in [1.82, 2.24) is 24.7 Å². The normalized spacial score (nSPS) is 10.7. The van der Waals surface area contributed by atoms with Crippen molar-refractivity contribution in [2.45, 2.75) is 37.3 Å². The van der Waals surface area contributed by atoms with Crippen molar-refractivity contribution in [3.8, 4) is 5.75 Å². The molecule has 0 bridgehead atoms. The van der Waals surface area contributed by atoms with Gasteiger partial charge in [0.05, 0.1) is 0 Å². The van der Waals surface area contributed by atoms with Crippen molar-refractivity contribution >= 4 is 11.8 Å². The fraction of sp³-hybridized carbons (Fsp3) is 0.250. The van der Waals surface area contributed by atoms with Crippen molar-refractivity contribution in [2.75, 3.05) is 0 Å². The lowest BCUT2D eigenvalue weighted by molar-refractivity contribution is 0.288. The van der Waals surface area contributed by atoms with Gasteiger partial charge in [0, 0.05) is 18.9 Å². The summed E-state index contributed by atoms with van der Waals surface area (Å²) in [7, 11) is 0. The van der Waals surface area contributed by atoms with Gasteiger partial charge in [-0.1, -0.05) is 17.7 Å². The molecule has 0 fully saturated rings. The fourth-order valence-corrected chi connectivity index (χ4v) is 2.84. The Bertz CT molecular complexity index is 758. The molecule has 0 radical (unpaired) electrons. The Morgan fingerprint density at radius 2 is 1.83 bits per heavy atom. The van der Waals surface area contributed by atoms with Crippen LogP contribution in [0.5, 0.6) is 5.75 Å². The summed E-state index contributed by atoms with van der Waals surface area (Å²) in [4.78, 5) is 8.40. The molecule has 0 unspecified atom stereocenters. The molecular weight excluding hydrogens is 310 g/mol. The molecule has 0 N–H and O–H groups in total. The molecular formula is C16H17N5OS. The molecule has 3 aromatic rings. The molecule has 0 amide bonds. The van der Waals surface area contributed by atoms with E-state index in [1.807, 2.05) is 35.8 Å². The minimum Gasteiger partial charge on any atom is -0.486 e. The Labute approximate surface area is 139 Å². The van der Waals surface area contributed by atoms with Crippen LogP contribution in [0.2, 0.25) is 0 Å². The van der Waals surface area contributed by atoms with Crippen LogP contribution in [0.15, 0.2) is 53.0 Å². The standard InChI is InChI=1S/C16H17N5OS/c1-3-21-14(11-22-13-7-5-12(2)6-8-13)19-20-16(21)23-15-17-9-4-10-18-15/h4-10H,3,11H2,1-2H3. The van der Waals surface area contributed by atoms with Crippen molar-refractivity contribution in [3.63, 3.8) is 0 Å². The molecule has 0 aliphatic rings. The molecule has 2 aromatic heterocycles. The lowest BCUT2D eigenvalue weighted by Crippen LogP contribution is -2.07. The van der Waals surface area contributed by atoms with Crippen LogP contribution in [0.1, 0.15) is 18.3 Å². The zero-order valence-corrected chi connectivity index (χ0v) is 13.8. The largest absolute Gasteiger partial charge is 0.486 e. The van der Waals surface area contributed by atoms with Gasteiger partial charge in [-0.05, 0) is 43.8 Å². The molecule has 0 saturated heterocycles. The summed E-state index contributed by atoms with van der Waals surface area (Å²) in [6.45, 7) is 5.23. The second-order valence-corrected chi connectivity index (χ2v) is 5.81. The molecule has 0 aliphatic heterocycles. The van der Waals surface area contributed by atoms with E-state index in [-0.39, 0.29) is 0 Å². The van der Waals surface area contributed by atoms with Crippen molar-refractivity contribution in [3.05, 3.63) is 54.1 Å².